The number of nitrogens with zero attached hydrogens (tertiary/aromatic N) is 1. The SMILES string of the molecule is COc1cccc(CN2CCC(Nc3ccccc3S(=O)(=O)C(F)F)CC2)c1. The molecule has 0 radical (unpaired) electrons. The molecule has 0 saturated carbocycles. The van der Waals surface area contributed by atoms with Crippen molar-refractivity contribution in [3.8, 4) is 5.75 Å². The fourth-order valence-electron chi connectivity index (χ4n) is 3.41. The van der Waals surface area contributed by atoms with Gasteiger partial charge in [0.1, 0.15) is 5.75 Å². The number of anilines is 1. The zero-order valence-electron chi connectivity index (χ0n) is 15.6. The fraction of sp³-hybridized carbons (Fsp3) is 0.400. The Morgan fingerprint density at radius 3 is 2.54 bits per heavy atom. The van der Waals surface area contributed by atoms with Gasteiger partial charge in [-0.05, 0) is 42.7 Å². The molecule has 28 heavy (non-hydrogen) atoms. The summed E-state index contributed by atoms with van der Waals surface area (Å²) in [7, 11) is -2.99. The molecule has 1 heterocycles. The Hall–Kier alpha value is -2.19. The zero-order chi connectivity index (χ0) is 20.1. The number of hydrogen-bond donors (Lipinski definition) is 1. The molecule has 1 fully saturated rings. The van der Waals surface area contributed by atoms with E-state index in [1.165, 1.54) is 23.8 Å². The molecule has 1 saturated heterocycles. The molecule has 0 atom stereocenters. The first-order valence-corrected chi connectivity index (χ1v) is 10.7. The average molecular weight is 410 g/mol. The monoisotopic (exact) mass is 410 g/mol. The molecule has 1 aliphatic heterocycles. The second kappa shape index (κ2) is 8.87. The summed E-state index contributed by atoms with van der Waals surface area (Å²) >= 11 is 0. The number of piperidine rings is 1. The molecular weight excluding hydrogens is 386 g/mol. The lowest BCUT2D eigenvalue weighted by molar-refractivity contribution is 0.211. The number of ether oxygens (including phenoxy) is 1. The summed E-state index contributed by atoms with van der Waals surface area (Å²) in [5, 5.41) is 3.15. The van der Waals surface area contributed by atoms with E-state index in [-0.39, 0.29) is 16.6 Å². The van der Waals surface area contributed by atoms with Gasteiger partial charge in [-0.2, -0.15) is 8.78 Å². The lowest BCUT2D eigenvalue weighted by atomic mass is 10.0. The van der Waals surface area contributed by atoms with Crippen LogP contribution in [-0.2, 0) is 16.4 Å². The van der Waals surface area contributed by atoms with Gasteiger partial charge < -0.3 is 10.1 Å². The standard InChI is InChI=1S/C20H24F2N2O3S/c1-27-17-6-4-5-15(13-17)14-24-11-9-16(10-12-24)23-18-7-2-3-8-19(18)28(25,26)20(21)22/h2-8,13,16,20,23H,9-12,14H2,1H3. The minimum Gasteiger partial charge on any atom is -0.497 e. The molecule has 1 aliphatic rings. The van der Waals surface area contributed by atoms with Gasteiger partial charge in [0.05, 0.1) is 17.7 Å². The van der Waals surface area contributed by atoms with Crippen LogP contribution < -0.4 is 10.1 Å². The van der Waals surface area contributed by atoms with E-state index in [4.69, 9.17) is 4.74 Å². The largest absolute Gasteiger partial charge is 0.497 e. The number of benzene rings is 2. The molecule has 152 valence electrons. The lowest BCUT2D eigenvalue weighted by Crippen LogP contribution is -2.38. The summed E-state index contributed by atoms with van der Waals surface area (Å²) in [6.45, 7) is 2.47. The van der Waals surface area contributed by atoms with Gasteiger partial charge in [-0.3, -0.25) is 4.90 Å². The number of methoxy groups -OCH3 is 1. The molecular formula is C20H24F2N2O3S. The van der Waals surface area contributed by atoms with Crippen LogP contribution in [0.15, 0.2) is 53.4 Å². The lowest BCUT2D eigenvalue weighted by Gasteiger charge is -2.33. The maximum absolute atomic E-state index is 12.9. The Bertz CT molecular complexity index is 898. The molecule has 0 unspecified atom stereocenters. The van der Waals surface area contributed by atoms with Crippen molar-refractivity contribution in [2.45, 2.75) is 36.1 Å². The molecule has 2 aromatic carbocycles. The molecule has 0 amide bonds. The van der Waals surface area contributed by atoms with Crippen molar-refractivity contribution in [3.05, 3.63) is 54.1 Å². The number of halogens is 2. The number of nitrogens with one attached hydrogen (secondary N) is 1. The Morgan fingerprint density at radius 2 is 1.86 bits per heavy atom. The van der Waals surface area contributed by atoms with E-state index < -0.39 is 15.6 Å². The maximum atomic E-state index is 12.9. The second-order valence-corrected chi connectivity index (χ2v) is 8.73. The third-order valence-electron chi connectivity index (χ3n) is 4.92. The number of sulfone groups is 1. The van der Waals surface area contributed by atoms with E-state index in [0.717, 1.165) is 38.2 Å². The minimum absolute atomic E-state index is 0.0376. The van der Waals surface area contributed by atoms with Crippen LogP contribution in [0.1, 0.15) is 18.4 Å². The van der Waals surface area contributed by atoms with Crippen LogP contribution in [0.4, 0.5) is 14.5 Å². The molecule has 0 bridgehead atoms. The maximum Gasteiger partial charge on any atom is 0.341 e. The van der Waals surface area contributed by atoms with Gasteiger partial charge in [0.25, 0.3) is 0 Å². The van der Waals surface area contributed by atoms with Gasteiger partial charge in [0.15, 0.2) is 0 Å². The summed E-state index contributed by atoms with van der Waals surface area (Å²) in [5.74, 6) is -2.61. The predicted molar refractivity (Wildman–Crippen MR) is 105 cm³/mol. The molecule has 3 rings (SSSR count). The van der Waals surface area contributed by atoms with E-state index in [1.807, 2.05) is 18.2 Å². The summed E-state index contributed by atoms with van der Waals surface area (Å²) < 4.78 is 54.9. The summed E-state index contributed by atoms with van der Waals surface area (Å²) in [6.07, 6.45) is 1.60. The molecule has 0 spiro atoms. The van der Waals surface area contributed by atoms with Gasteiger partial charge >= 0.3 is 5.76 Å². The van der Waals surface area contributed by atoms with Crippen molar-refractivity contribution in [3.63, 3.8) is 0 Å². The topological polar surface area (TPSA) is 58.6 Å². The summed E-state index contributed by atoms with van der Waals surface area (Å²) in [4.78, 5) is 1.97. The molecule has 0 aromatic heterocycles. The fourth-order valence-corrected chi connectivity index (χ4v) is 4.31. The highest BCUT2D eigenvalue weighted by Crippen LogP contribution is 2.28. The van der Waals surface area contributed by atoms with Crippen LogP contribution in [-0.4, -0.2) is 45.3 Å². The third kappa shape index (κ3) is 4.80. The van der Waals surface area contributed by atoms with Crippen LogP contribution in [0.2, 0.25) is 0 Å². The van der Waals surface area contributed by atoms with Crippen LogP contribution in [0.5, 0.6) is 5.75 Å². The molecule has 8 heteroatoms. The minimum atomic E-state index is -4.63. The first-order valence-electron chi connectivity index (χ1n) is 9.13. The first-order chi connectivity index (χ1) is 13.4. The van der Waals surface area contributed by atoms with Crippen molar-refractivity contribution in [1.29, 1.82) is 0 Å². The van der Waals surface area contributed by atoms with E-state index in [1.54, 1.807) is 13.2 Å². The van der Waals surface area contributed by atoms with Crippen molar-refractivity contribution in [1.82, 2.24) is 4.90 Å². The van der Waals surface area contributed by atoms with Crippen molar-refractivity contribution in [2.75, 3.05) is 25.5 Å². The molecule has 5 nitrogen and oxygen atoms in total. The molecule has 0 aliphatic carbocycles. The second-order valence-electron chi connectivity index (χ2n) is 6.85. The van der Waals surface area contributed by atoms with Crippen LogP contribution in [0.3, 0.4) is 0 Å². The predicted octanol–water partition coefficient (Wildman–Crippen LogP) is 3.77. The number of rotatable bonds is 7. The highest BCUT2D eigenvalue weighted by Gasteiger charge is 2.30. The Morgan fingerprint density at radius 1 is 1.14 bits per heavy atom. The first kappa shape index (κ1) is 20.5. The van der Waals surface area contributed by atoms with Gasteiger partial charge in [0, 0.05) is 25.7 Å². The normalized spacial score (nSPS) is 16.3. The highest BCUT2D eigenvalue weighted by atomic mass is 32.2. The van der Waals surface area contributed by atoms with Crippen molar-refractivity contribution in [2.24, 2.45) is 0 Å². The Balaban J connectivity index is 1.61. The van der Waals surface area contributed by atoms with Crippen LogP contribution in [0, 0.1) is 0 Å². The smallest absolute Gasteiger partial charge is 0.341 e. The highest BCUT2D eigenvalue weighted by molar-refractivity contribution is 7.91. The summed E-state index contributed by atoms with van der Waals surface area (Å²) in [6, 6.07) is 13.8. The Labute approximate surface area is 164 Å². The van der Waals surface area contributed by atoms with Crippen molar-refractivity contribution >= 4 is 15.5 Å². The number of likely N-dealkylation sites (tertiary alicyclic amines) is 1. The number of para-hydroxylation sites is 1. The molecule has 2 aromatic rings. The Kier molecular flexibility index (Phi) is 6.51. The van der Waals surface area contributed by atoms with Gasteiger partial charge in [0.2, 0.25) is 9.84 Å². The van der Waals surface area contributed by atoms with Gasteiger partial charge in [-0.1, -0.05) is 24.3 Å². The van der Waals surface area contributed by atoms with E-state index in [0.29, 0.717) is 0 Å². The average Bonchev–Trinajstić information content (AvgIpc) is 2.70. The quantitative estimate of drug-likeness (QED) is 0.753. The zero-order valence-corrected chi connectivity index (χ0v) is 16.5. The van der Waals surface area contributed by atoms with Gasteiger partial charge in [-0.15, -0.1) is 0 Å². The van der Waals surface area contributed by atoms with E-state index in [2.05, 4.69) is 16.3 Å². The van der Waals surface area contributed by atoms with Crippen molar-refractivity contribution < 1.29 is 21.9 Å². The van der Waals surface area contributed by atoms with Crippen LogP contribution >= 0.6 is 0 Å². The number of hydrogen-bond acceptors (Lipinski definition) is 5. The number of alkyl halides is 2. The third-order valence-corrected chi connectivity index (χ3v) is 6.35. The van der Waals surface area contributed by atoms with E-state index >= 15 is 0 Å². The van der Waals surface area contributed by atoms with Crippen LogP contribution in [0.25, 0.3) is 0 Å². The van der Waals surface area contributed by atoms with E-state index in [9.17, 15) is 17.2 Å². The summed E-state index contributed by atoms with van der Waals surface area (Å²) in [5.41, 5.74) is 1.41. The van der Waals surface area contributed by atoms with Gasteiger partial charge in [-0.25, -0.2) is 8.42 Å². The molecule has 1 N–H and O–H groups in total.